The lowest BCUT2D eigenvalue weighted by Crippen LogP contribution is -2.43. The van der Waals surface area contributed by atoms with Gasteiger partial charge in [-0.25, -0.2) is 8.78 Å². The highest BCUT2D eigenvalue weighted by Gasteiger charge is 2.54. The van der Waals surface area contributed by atoms with Crippen molar-refractivity contribution in [3.63, 3.8) is 0 Å². The van der Waals surface area contributed by atoms with Crippen molar-refractivity contribution in [1.82, 2.24) is 0 Å². The second kappa shape index (κ2) is 8.86. The van der Waals surface area contributed by atoms with Crippen LogP contribution in [-0.2, 0) is 0 Å². The van der Waals surface area contributed by atoms with Gasteiger partial charge in [-0.2, -0.15) is 15.8 Å². The van der Waals surface area contributed by atoms with Crippen LogP contribution in [0.15, 0.2) is 41.1 Å². The SMILES string of the molecule is CC1CC=C2C(C#N)=C(N)C(C#N)(C#N)C(c3ccc(F)cc3F)C2C1.CCO. The number of nitriles is 3. The Morgan fingerprint density at radius 1 is 1.24 bits per heavy atom. The number of hydrogen-bond donors (Lipinski definition) is 2. The highest BCUT2D eigenvalue weighted by atomic mass is 19.1. The highest BCUT2D eigenvalue weighted by molar-refractivity contribution is 5.59. The van der Waals surface area contributed by atoms with Gasteiger partial charge in [0.05, 0.1) is 23.4 Å². The van der Waals surface area contributed by atoms with Crippen LogP contribution in [0.3, 0.4) is 0 Å². The third-order valence-corrected chi connectivity index (χ3v) is 5.41. The Kier molecular flexibility index (Phi) is 6.75. The molecule has 0 radical (unpaired) electrons. The smallest absolute Gasteiger partial charge is 0.191 e. The fourth-order valence-corrected chi connectivity index (χ4v) is 4.17. The van der Waals surface area contributed by atoms with Crippen molar-refractivity contribution in [2.75, 3.05) is 6.61 Å². The molecular weight excluding hydrogens is 374 g/mol. The van der Waals surface area contributed by atoms with Gasteiger partial charge in [0.15, 0.2) is 5.41 Å². The van der Waals surface area contributed by atoms with E-state index in [1.165, 1.54) is 6.07 Å². The lowest BCUT2D eigenvalue weighted by atomic mass is 9.56. The van der Waals surface area contributed by atoms with E-state index in [0.717, 1.165) is 18.6 Å². The molecule has 0 saturated carbocycles. The number of aliphatic hydroxyl groups excluding tert-OH is 1. The quantitative estimate of drug-likeness (QED) is 0.748. The largest absolute Gasteiger partial charge is 0.399 e. The van der Waals surface area contributed by atoms with E-state index in [2.05, 4.69) is 0 Å². The minimum Gasteiger partial charge on any atom is -0.399 e. The fraction of sp³-hybridized carbons (Fsp3) is 0.409. The summed E-state index contributed by atoms with van der Waals surface area (Å²) in [5.41, 5.74) is 4.92. The van der Waals surface area contributed by atoms with E-state index in [-0.39, 0.29) is 29.4 Å². The molecule has 0 spiro atoms. The molecule has 0 amide bonds. The van der Waals surface area contributed by atoms with E-state index in [1.54, 1.807) is 6.92 Å². The predicted molar refractivity (Wildman–Crippen MR) is 102 cm³/mol. The summed E-state index contributed by atoms with van der Waals surface area (Å²) < 4.78 is 28.0. The van der Waals surface area contributed by atoms with Crippen LogP contribution in [-0.4, -0.2) is 11.7 Å². The summed E-state index contributed by atoms with van der Waals surface area (Å²) in [5.74, 6) is -2.65. The molecule has 1 aromatic rings. The molecule has 7 heteroatoms. The number of fused-ring (bicyclic) bond motifs is 1. The Labute approximate surface area is 169 Å². The van der Waals surface area contributed by atoms with Crippen LogP contribution in [0.1, 0.15) is 38.2 Å². The first-order valence-electron chi connectivity index (χ1n) is 9.30. The Balaban J connectivity index is 0.000000941. The van der Waals surface area contributed by atoms with Crippen LogP contribution in [0, 0.1) is 62.9 Å². The first-order valence-corrected chi connectivity index (χ1v) is 9.30. The van der Waals surface area contributed by atoms with Gasteiger partial charge in [-0.15, -0.1) is 0 Å². The van der Waals surface area contributed by atoms with E-state index < -0.39 is 28.9 Å². The first-order chi connectivity index (χ1) is 13.8. The number of allylic oxidation sites excluding steroid dienone is 4. The lowest BCUT2D eigenvalue weighted by molar-refractivity contribution is 0.278. The number of rotatable bonds is 1. The van der Waals surface area contributed by atoms with E-state index >= 15 is 0 Å². The van der Waals surface area contributed by atoms with Gasteiger partial charge >= 0.3 is 0 Å². The molecular formula is C22H22F2N4O. The Hall–Kier alpha value is -3.21. The molecule has 3 unspecified atom stereocenters. The maximum atomic E-state index is 14.6. The maximum Gasteiger partial charge on any atom is 0.191 e. The van der Waals surface area contributed by atoms with Crippen LogP contribution in [0.2, 0.25) is 0 Å². The minimum absolute atomic E-state index is 0.0689. The van der Waals surface area contributed by atoms with E-state index in [1.807, 2.05) is 31.2 Å². The van der Waals surface area contributed by atoms with Gasteiger partial charge < -0.3 is 10.8 Å². The molecule has 0 saturated heterocycles. The summed E-state index contributed by atoms with van der Waals surface area (Å²) in [7, 11) is 0. The second-order valence-corrected chi connectivity index (χ2v) is 7.23. The molecule has 0 bridgehead atoms. The zero-order chi connectivity index (χ0) is 21.8. The molecule has 150 valence electrons. The molecule has 0 aromatic heterocycles. The van der Waals surface area contributed by atoms with E-state index in [0.29, 0.717) is 12.0 Å². The summed E-state index contributed by atoms with van der Waals surface area (Å²) in [5, 5.41) is 36.8. The summed E-state index contributed by atoms with van der Waals surface area (Å²) in [6.45, 7) is 3.94. The summed E-state index contributed by atoms with van der Waals surface area (Å²) in [4.78, 5) is 0. The van der Waals surface area contributed by atoms with Crippen molar-refractivity contribution in [3.05, 3.63) is 58.3 Å². The Bertz CT molecular complexity index is 964. The summed E-state index contributed by atoms with van der Waals surface area (Å²) >= 11 is 0. The van der Waals surface area contributed by atoms with Gasteiger partial charge in [0.2, 0.25) is 0 Å². The minimum atomic E-state index is -1.89. The molecule has 3 N–H and O–H groups in total. The topological polar surface area (TPSA) is 118 Å². The van der Waals surface area contributed by atoms with Crippen molar-refractivity contribution >= 4 is 0 Å². The lowest BCUT2D eigenvalue weighted by Gasteiger charge is -2.44. The van der Waals surface area contributed by atoms with Crippen LogP contribution >= 0.6 is 0 Å². The van der Waals surface area contributed by atoms with Crippen LogP contribution < -0.4 is 5.73 Å². The average Bonchev–Trinajstić information content (AvgIpc) is 2.69. The molecule has 2 aliphatic carbocycles. The van der Waals surface area contributed by atoms with Gasteiger partial charge in [-0.1, -0.05) is 19.1 Å². The van der Waals surface area contributed by atoms with Crippen LogP contribution in [0.25, 0.3) is 0 Å². The van der Waals surface area contributed by atoms with E-state index in [4.69, 9.17) is 10.8 Å². The van der Waals surface area contributed by atoms with Gasteiger partial charge in [-0.05, 0) is 48.8 Å². The molecule has 0 heterocycles. The predicted octanol–water partition coefficient (Wildman–Crippen LogP) is 3.80. The monoisotopic (exact) mass is 396 g/mol. The zero-order valence-corrected chi connectivity index (χ0v) is 16.3. The molecule has 0 aliphatic heterocycles. The summed E-state index contributed by atoms with van der Waals surface area (Å²) in [6.07, 6.45) is 3.20. The van der Waals surface area contributed by atoms with Gasteiger partial charge in [0.25, 0.3) is 0 Å². The normalized spacial score (nSPS) is 24.6. The van der Waals surface area contributed by atoms with Crippen molar-refractivity contribution in [3.8, 4) is 18.2 Å². The summed E-state index contributed by atoms with van der Waals surface area (Å²) in [6, 6.07) is 9.00. The molecule has 3 atom stereocenters. The Morgan fingerprint density at radius 3 is 2.38 bits per heavy atom. The molecule has 1 aromatic carbocycles. The number of hydrogen-bond acceptors (Lipinski definition) is 5. The number of nitrogens with two attached hydrogens (primary N) is 1. The fourth-order valence-electron chi connectivity index (χ4n) is 4.17. The maximum absolute atomic E-state index is 14.6. The molecule has 5 nitrogen and oxygen atoms in total. The van der Waals surface area contributed by atoms with Crippen molar-refractivity contribution < 1.29 is 13.9 Å². The van der Waals surface area contributed by atoms with Crippen molar-refractivity contribution in [1.29, 1.82) is 15.8 Å². The zero-order valence-electron chi connectivity index (χ0n) is 16.3. The number of aliphatic hydroxyl groups is 1. The molecule has 29 heavy (non-hydrogen) atoms. The Morgan fingerprint density at radius 2 is 1.86 bits per heavy atom. The van der Waals surface area contributed by atoms with Gasteiger partial charge in [0.1, 0.15) is 17.7 Å². The molecule has 2 aliphatic rings. The highest BCUT2D eigenvalue weighted by Crippen LogP contribution is 2.56. The van der Waals surface area contributed by atoms with E-state index in [9.17, 15) is 24.6 Å². The van der Waals surface area contributed by atoms with Crippen LogP contribution in [0.5, 0.6) is 0 Å². The van der Waals surface area contributed by atoms with Crippen molar-refractivity contribution in [2.45, 2.75) is 32.6 Å². The molecule has 3 rings (SSSR count). The third kappa shape index (κ3) is 3.73. The second-order valence-electron chi connectivity index (χ2n) is 7.23. The number of halogens is 2. The number of nitrogens with zero attached hydrogens (tertiary/aromatic N) is 3. The van der Waals surface area contributed by atoms with Gasteiger partial charge in [-0.3, -0.25) is 0 Å². The van der Waals surface area contributed by atoms with Crippen LogP contribution in [0.4, 0.5) is 8.78 Å². The van der Waals surface area contributed by atoms with Crippen molar-refractivity contribution in [2.24, 2.45) is 23.0 Å². The third-order valence-electron chi connectivity index (χ3n) is 5.41. The first kappa shape index (κ1) is 22.1. The standard InChI is InChI=1S/C20H16F2N4.C2H6O/c1-11-2-4-13-15(6-11)18(14-5-3-12(21)7-17(14)22)20(9-24,10-25)19(26)16(13)8-23;1-2-3/h3-5,7,11,15,18H,2,6,26H2,1H3;3H,2H2,1H3. The molecule has 0 fully saturated rings. The average molecular weight is 396 g/mol. The van der Waals surface area contributed by atoms with Gasteiger partial charge in [0, 0.05) is 18.6 Å². The number of benzene rings is 1.